The number of piperidine rings is 1. The number of nitrogens with two attached hydrogens (primary N) is 1. The van der Waals surface area contributed by atoms with Crippen LogP contribution in [0.3, 0.4) is 0 Å². The van der Waals surface area contributed by atoms with Gasteiger partial charge in [-0.25, -0.2) is 0 Å². The van der Waals surface area contributed by atoms with Gasteiger partial charge in [-0.15, -0.1) is 0 Å². The van der Waals surface area contributed by atoms with Crippen molar-refractivity contribution in [2.24, 2.45) is 11.1 Å². The molecular formula is C16H33N3. The standard InChI is InChI=1S/C16H33N3/c1-5-14(17)15(16(2,3)4)19-11-10-18-9-7-6-8-13(18)12-19/h13-15H,5-12,17H2,1-4H3. The Bertz CT molecular complexity index is 284. The van der Waals surface area contributed by atoms with Crippen molar-refractivity contribution in [3.63, 3.8) is 0 Å². The van der Waals surface area contributed by atoms with E-state index < -0.39 is 0 Å². The van der Waals surface area contributed by atoms with E-state index in [1.54, 1.807) is 0 Å². The molecule has 3 heteroatoms. The van der Waals surface area contributed by atoms with Crippen LogP contribution in [0.1, 0.15) is 53.4 Å². The van der Waals surface area contributed by atoms with Crippen molar-refractivity contribution in [2.45, 2.75) is 71.5 Å². The summed E-state index contributed by atoms with van der Waals surface area (Å²) in [6.07, 6.45) is 5.27. The molecule has 0 aromatic carbocycles. The Hall–Kier alpha value is -0.120. The summed E-state index contributed by atoms with van der Waals surface area (Å²) in [6, 6.07) is 1.60. The van der Waals surface area contributed by atoms with Gasteiger partial charge in [0.2, 0.25) is 0 Å². The van der Waals surface area contributed by atoms with Crippen molar-refractivity contribution in [1.29, 1.82) is 0 Å². The molecule has 2 aliphatic rings. The number of hydrogen-bond acceptors (Lipinski definition) is 3. The van der Waals surface area contributed by atoms with Gasteiger partial charge in [0.15, 0.2) is 0 Å². The lowest BCUT2D eigenvalue weighted by atomic mass is 9.79. The SMILES string of the molecule is CCC(N)C(N1CCN2CCCCC2C1)C(C)(C)C. The van der Waals surface area contributed by atoms with Crippen LogP contribution in [-0.4, -0.2) is 54.1 Å². The summed E-state index contributed by atoms with van der Waals surface area (Å²) >= 11 is 0. The second kappa shape index (κ2) is 6.11. The van der Waals surface area contributed by atoms with Gasteiger partial charge in [-0.2, -0.15) is 0 Å². The van der Waals surface area contributed by atoms with E-state index in [4.69, 9.17) is 5.73 Å². The first-order chi connectivity index (χ1) is 8.93. The van der Waals surface area contributed by atoms with E-state index in [9.17, 15) is 0 Å². The summed E-state index contributed by atoms with van der Waals surface area (Å²) < 4.78 is 0. The highest BCUT2D eigenvalue weighted by atomic mass is 15.3. The Morgan fingerprint density at radius 3 is 2.53 bits per heavy atom. The smallest absolute Gasteiger partial charge is 0.0296 e. The Balaban J connectivity index is 2.06. The van der Waals surface area contributed by atoms with E-state index in [0.717, 1.165) is 12.5 Å². The van der Waals surface area contributed by atoms with E-state index in [0.29, 0.717) is 12.1 Å². The van der Waals surface area contributed by atoms with E-state index in [2.05, 4.69) is 37.5 Å². The fourth-order valence-electron chi connectivity index (χ4n) is 4.12. The molecule has 0 bridgehead atoms. The van der Waals surface area contributed by atoms with Crippen LogP contribution in [0.2, 0.25) is 0 Å². The van der Waals surface area contributed by atoms with E-state index >= 15 is 0 Å². The van der Waals surface area contributed by atoms with Crippen LogP contribution < -0.4 is 5.73 Å². The largest absolute Gasteiger partial charge is 0.326 e. The number of nitrogens with zero attached hydrogens (tertiary/aromatic N) is 2. The molecule has 2 saturated heterocycles. The minimum atomic E-state index is 0.270. The second-order valence-corrected chi connectivity index (χ2v) is 7.56. The van der Waals surface area contributed by atoms with Gasteiger partial charge in [0.1, 0.15) is 0 Å². The van der Waals surface area contributed by atoms with Crippen LogP contribution in [-0.2, 0) is 0 Å². The van der Waals surface area contributed by atoms with Crippen molar-refractivity contribution >= 4 is 0 Å². The predicted octanol–water partition coefficient (Wildman–Crippen LogP) is 2.31. The monoisotopic (exact) mass is 267 g/mol. The van der Waals surface area contributed by atoms with Gasteiger partial charge in [-0.1, -0.05) is 34.1 Å². The van der Waals surface area contributed by atoms with E-state index in [-0.39, 0.29) is 5.41 Å². The number of rotatable bonds is 3. The summed E-state index contributed by atoms with van der Waals surface area (Å²) in [4.78, 5) is 5.40. The zero-order valence-corrected chi connectivity index (χ0v) is 13.4. The van der Waals surface area contributed by atoms with Gasteiger partial charge in [0.25, 0.3) is 0 Å². The molecule has 0 amide bonds. The molecule has 0 aromatic rings. The zero-order valence-electron chi connectivity index (χ0n) is 13.4. The highest BCUT2D eigenvalue weighted by Crippen LogP contribution is 2.31. The third kappa shape index (κ3) is 3.50. The van der Waals surface area contributed by atoms with Crippen LogP contribution in [0.5, 0.6) is 0 Å². The van der Waals surface area contributed by atoms with Gasteiger partial charge in [0, 0.05) is 37.8 Å². The quantitative estimate of drug-likeness (QED) is 0.852. The minimum Gasteiger partial charge on any atom is -0.326 e. The lowest BCUT2D eigenvalue weighted by Gasteiger charge is -2.51. The third-order valence-electron chi connectivity index (χ3n) is 5.03. The number of fused-ring (bicyclic) bond motifs is 1. The maximum absolute atomic E-state index is 6.45. The summed E-state index contributed by atoms with van der Waals surface area (Å²) in [7, 11) is 0. The van der Waals surface area contributed by atoms with Gasteiger partial charge in [0.05, 0.1) is 0 Å². The molecule has 3 unspecified atom stereocenters. The first kappa shape index (κ1) is 15.3. The van der Waals surface area contributed by atoms with Crippen molar-refractivity contribution in [1.82, 2.24) is 9.80 Å². The highest BCUT2D eigenvalue weighted by Gasteiger charge is 2.38. The second-order valence-electron chi connectivity index (χ2n) is 7.56. The average molecular weight is 267 g/mol. The normalized spacial score (nSPS) is 29.8. The molecule has 19 heavy (non-hydrogen) atoms. The fourth-order valence-corrected chi connectivity index (χ4v) is 4.12. The lowest BCUT2D eigenvalue weighted by Crippen LogP contribution is -2.63. The molecule has 2 rings (SSSR count). The van der Waals surface area contributed by atoms with Gasteiger partial charge in [-0.05, 0) is 31.2 Å². The fraction of sp³-hybridized carbons (Fsp3) is 1.00. The molecule has 2 fully saturated rings. The van der Waals surface area contributed by atoms with E-state index in [1.165, 1.54) is 45.4 Å². The van der Waals surface area contributed by atoms with Crippen molar-refractivity contribution < 1.29 is 0 Å². The van der Waals surface area contributed by atoms with Crippen molar-refractivity contribution in [2.75, 3.05) is 26.2 Å². The summed E-state index contributed by atoms with van der Waals surface area (Å²) in [6.45, 7) is 14.3. The molecule has 0 radical (unpaired) electrons. The summed E-state index contributed by atoms with van der Waals surface area (Å²) in [5, 5.41) is 0. The lowest BCUT2D eigenvalue weighted by molar-refractivity contribution is -0.0108. The molecule has 0 aromatic heterocycles. The Labute approximate surface area is 119 Å². The van der Waals surface area contributed by atoms with Crippen molar-refractivity contribution in [3.8, 4) is 0 Å². The highest BCUT2D eigenvalue weighted by molar-refractivity contribution is 4.95. The maximum atomic E-state index is 6.45. The molecule has 2 aliphatic heterocycles. The topological polar surface area (TPSA) is 32.5 Å². The molecule has 3 atom stereocenters. The Kier molecular flexibility index (Phi) is 4.91. The van der Waals surface area contributed by atoms with Crippen LogP contribution in [0.15, 0.2) is 0 Å². The average Bonchev–Trinajstić information content (AvgIpc) is 2.37. The van der Waals surface area contributed by atoms with Gasteiger partial charge < -0.3 is 5.73 Å². The van der Waals surface area contributed by atoms with Crippen LogP contribution in [0, 0.1) is 5.41 Å². The van der Waals surface area contributed by atoms with Crippen LogP contribution in [0.4, 0.5) is 0 Å². The molecule has 2 heterocycles. The third-order valence-corrected chi connectivity index (χ3v) is 5.03. The van der Waals surface area contributed by atoms with Crippen molar-refractivity contribution in [3.05, 3.63) is 0 Å². The first-order valence-electron chi connectivity index (χ1n) is 8.17. The first-order valence-corrected chi connectivity index (χ1v) is 8.17. The molecular weight excluding hydrogens is 234 g/mol. The number of piperazine rings is 1. The number of hydrogen-bond donors (Lipinski definition) is 1. The maximum Gasteiger partial charge on any atom is 0.0296 e. The Morgan fingerprint density at radius 2 is 1.89 bits per heavy atom. The molecule has 2 N–H and O–H groups in total. The molecule has 112 valence electrons. The Morgan fingerprint density at radius 1 is 1.16 bits per heavy atom. The molecule has 3 nitrogen and oxygen atoms in total. The van der Waals surface area contributed by atoms with Crippen LogP contribution in [0.25, 0.3) is 0 Å². The predicted molar refractivity (Wildman–Crippen MR) is 82.3 cm³/mol. The summed E-state index contributed by atoms with van der Waals surface area (Å²) in [5.41, 5.74) is 6.72. The summed E-state index contributed by atoms with van der Waals surface area (Å²) in [5.74, 6) is 0. The van der Waals surface area contributed by atoms with Gasteiger partial charge in [-0.3, -0.25) is 9.80 Å². The molecule has 0 spiro atoms. The molecule has 0 aliphatic carbocycles. The van der Waals surface area contributed by atoms with Crippen LogP contribution >= 0.6 is 0 Å². The van der Waals surface area contributed by atoms with E-state index in [1.807, 2.05) is 0 Å². The van der Waals surface area contributed by atoms with Gasteiger partial charge >= 0.3 is 0 Å². The minimum absolute atomic E-state index is 0.270. The molecule has 0 saturated carbocycles. The zero-order chi connectivity index (χ0) is 14.0.